The molecule has 0 spiro atoms. The second kappa shape index (κ2) is 9.76. The van der Waals surface area contributed by atoms with E-state index in [2.05, 4.69) is 13.8 Å². The van der Waals surface area contributed by atoms with Gasteiger partial charge in [0.2, 0.25) is 0 Å². The fourth-order valence-electron chi connectivity index (χ4n) is 2.55. The highest BCUT2D eigenvalue weighted by Gasteiger charge is 2.13. The average molecular weight is 326 g/mol. The van der Waals surface area contributed by atoms with Gasteiger partial charge in [0.15, 0.2) is 0 Å². The molecule has 0 aromatic heterocycles. The molecule has 0 aliphatic rings. The van der Waals surface area contributed by atoms with Crippen LogP contribution < -0.4 is 9.47 Å². The van der Waals surface area contributed by atoms with Crippen molar-refractivity contribution in [1.29, 1.82) is 0 Å². The summed E-state index contributed by atoms with van der Waals surface area (Å²) in [6.07, 6.45) is 5.44. The van der Waals surface area contributed by atoms with Crippen molar-refractivity contribution in [2.45, 2.75) is 52.4 Å². The smallest absolute Gasteiger partial charge is 0.394 e. The highest BCUT2D eigenvalue weighted by atomic mass is 16.7. The lowest BCUT2D eigenvalue weighted by Gasteiger charge is -2.12. The Morgan fingerprint density at radius 2 is 1.17 bits per heavy atom. The van der Waals surface area contributed by atoms with Crippen LogP contribution in [0.1, 0.15) is 50.7 Å². The summed E-state index contributed by atoms with van der Waals surface area (Å²) in [5, 5.41) is 0. The number of ether oxygens (including phenoxy) is 2. The summed E-state index contributed by atoms with van der Waals surface area (Å²) in [6, 6.07) is 15.3. The van der Waals surface area contributed by atoms with Crippen molar-refractivity contribution < 1.29 is 14.3 Å². The predicted octanol–water partition coefficient (Wildman–Crippen LogP) is 5.95. The summed E-state index contributed by atoms with van der Waals surface area (Å²) in [4.78, 5) is 12.2. The fourth-order valence-corrected chi connectivity index (χ4v) is 2.55. The Kier molecular flexibility index (Phi) is 7.34. The summed E-state index contributed by atoms with van der Waals surface area (Å²) < 4.78 is 10.9. The van der Waals surface area contributed by atoms with Crippen LogP contribution in [0.4, 0.5) is 4.79 Å². The maximum absolute atomic E-state index is 12.2. The van der Waals surface area contributed by atoms with E-state index in [9.17, 15) is 4.79 Å². The highest BCUT2D eigenvalue weighted by Crippen LogP contribution is 2.23. The Hall–Kier alpha value is -2.29. The number of para-hydroxylation sites is 2. The number of carbonyl (C=O) groups excluding carboxylic acids is 1. The maximum atomic E-state index is 12.2. The van der Waals surface area contributed by atoms with E-state index in [1.165, 1.54) is 0 Å². The zero-order chi connectivity index (χ0) is 17.2. The SMILES string of the molecule is CCCCc1ccccc1OC(=O)Oc1ccccc1CCCC. The third kappa shape index (κ3) is 5.41. The van der Waals surface area contributed by atoms with Gasteiger partial charge in [-0.1, -0.05) is 63.1 Å². The van der Waals surface area contributed by atoms with Gasteiger partial charge < -0.3 is 9.47 Å². The molecular formula is C21H26O3. The summed E-state index contributed by atoms with van der Waals surface area (Å²) in [6.45, 7) is 4.29. The first-order valence-corrected chi connectivity index (χ1v) is 8.80. The molecule has 0 amide bonds. The standard InChI is InChI=1S/C21H26O3/c1-3-5-11-17-13-7-9-15-19(17)23-21(22)24-20-16-10-8-14-18(20)12-6-4-2/h7-10,13-16H,3-6,11-12H2,1-2H3. The van der Waals surface area contributed by atoms with E-state index in [1.807, 2.05) is 48.5 Å². The molecule has 0 saturated heterocycles. The molecule has 128 valence electrons. The summed E-state index contributed by atoms with van der Waals surface area (Å²) in [7, 11) is 0. The molecule has 3 nitrogen and oxygen atoms in total. The van der Waals surface area contributed by atoms with Crippen molar-refractivity contribution in [2.75, 3.05) is 0 Å². The zero-order valence-corrected chi connectivity index (χ0v) is 14.6. The lowest BCUT2D eigenvalue weighted by Crippen LogP contribution is -2.15. The van der Waals surface area contributed by atoms with E-state index in [-0.39, 0.29) is 0 Å². The van der Waals surface area contributed by atoms with Gasteiger partial charge in [-0.15, -0.1) is 0 Å². The van der Waals surface area contributed by atoms with Gasteiger partial charge in [0.1, 0.15) is 11.5 Å². The third-order valence-electron chi connectivity index (χ3n) is 3.93. The molecule has 24 heavy (non-hydrogen) atoms. The largest absolute Gasteiger partial charge is 0.519 e. The third-order valence-corrected chi connectivity index (χ3v) is 3.93. The normalized spacial score (nSPS) is 10.4. The number of rotatable bonds is 8. The number of unbranched alkanes of at least 4 members (excludes halogenated alkanes) is 2. The van der Waals surface area contributed by atoms with Gasteiger partial charge in [0.25, 0.3) is 0 Å². The van der Waals surface area contributed by atoms with Crippen LogP contribution in [0.2, 0.25) is 0 Å². The molecule has 2 rings (SSSR count). The van der Waals surface area contributed by atoms with Crippen molar-refractivity contribution in [3.05, 3.63) is 59.7 Å². The van der Waals surface area contributed by atoms with Gasteiger partial charge in [-0.2, -0.15) is 0 Å². The van der Waals surface area contributed by atoms with E-state index in [4.69, 9.17) is 9.47 Å². The summed E-state index contributed by atoms with van der Waals surface area (Å²) in [5.41, 5.74) is 2.08. The second-order valence-corrected chi connectivity index (χ2v) is 5.88. The Labute approximate surface area is 144 Å². The second-order valence-electron chi connectivity index (χ2n) is 5.88. The van der Waals surface area contributed by atoms with Gasteiger partial charge in [0, 0.05) is 0 Å². The fraction of sp³-hybridized carbons (Fsp3) is 0.381. The first kappa shape index (κ1) is 18.1. The number of carbonyl (C=O) groups is 1. The first-order valence-electron chi connectivity index (χ1n) is 8.80. The van der Waals surface area contributed by atoms with E-state index >= 15 is 0 Å². The number of hydrogen-bond acceptors (Lipinski definition) is 3. The quantitative estimate of drug-likeness (QED) is 0.444. The van der Waals surface area contributed by atoms with Crippen LogP contribution in [-0.4, -0.2) is 6.16 Å². The maximum Gasteiger partial charge on any atom is 0.519 e. The molecule has 0 heterocycles. The Morgan fingerprint density at radius 1 is 0.750 bits per heavy atom. The molecule has 2 aromatic carbocycles. The summed E-state index contributed by atoms with van der Waals surface area (Å²) in [5.74, 6) is 1.17. The monoisotopic (exact) mass is 326 g/mol. The zero-order valence-electron chi connectivity index (χ0n) is 14.6. The molecule has 0 fully saturated rings. The van der Waals surface area contributed by atoms with Crippen molar-refractivity contribution in [3.8, 4) is 11.5 Å². The van der Waals surface area contributed by atoms with Crippen LogP contribution in [0, 0.1) is 0 Å². The molecule has 0 radical (unpaired) electrons. The van der Waals surface area contributed by atoms with Crippen LogP contribution in [-0.2, 0) is 12.8 Å². The number of hydrogen-bond donors (Lipinski definition) is 0. The molecule has 0 saturated carbocycles. The molecule has 0 aliphatic heterocycles. The van der Waals surface area contributed by atoms with Crippen molar-refractivity contribution >= 4 is 6.16 Å². The molecule has 0 aliphatic carbocycles. The van der Waals surface area contributed by atoms with Crippen LogP contribution >= 0.6 is 0 Å². The van der Waals surface area contributed by atoms with Crippen molar-refractivity contribution in [3.63, 3.8) is 0 Å². The molecule has 0 bridgehead atoms. The lowest BCUT2D eigenvalue weighted by atomic mass is 10.1. The van der Waals surface area contributed by atoms with Crippen LogP contribution in [0.5, 0.6) is 11.5 Å². The van der Waals surface area contributed by atoms with Crippen LogP contribution in [0.25, 0.3) is 0 Å². The van der Waals surface area contributed by atoms with E-state index < -0.39 is 6.16 Å². The van der Waals surface area contributed by atoms with Crippen LogP contribution in [0.3, 0.4) is 0 Å². The molecule has 0 N–H and O–H groups in total. The van der Waals surface area contributed by atoms with Gasteiger partial charge in [-0.3, -0.25) is 0 Å². The molecule has 3 heteroatoms. The average Bonchev–Trinajstić information content (AvgIpc) is 2.60. The summed E-state index contributed by atoms with van der Waals surface area (Å²) >= 11 is 0. The van der Waals surface area contributed by atoms with Crippen LogP contribution in [0.15, 0.2) is 48.5 Å². The van der Waals surface area contributed by atoms with E-state index in [0.29, 0.717) is 11.5 Å². The Morgan fingerprint density at radius 3 is 1.58 bits per heavy atom. The van der Waals surface area contributed by atoms with Crippen molar-refractivity contribution in [2.24, 2.45) is 0 Å². The van der Waals surface area contributed by atoms with Gasteiger partial charge >= 0.3 is 6.16 Å². The van der Waals surface area contributed by atoms with Gasteiger partial charge in [0.05, 0.1) is 0 Å². The lowest BCUT2D eigenvalue weighted by molar-refractivity contribution is 0.151. The minimum Gasteiger partial charge on any atom is -0.394 e. The van der Waals surface area contributed by atoms with E-state index in [1.54, 1.807) is 0 Å². The molecular weight excluding hydrogens is 300 g/mol. The molecule has 0 unspecified atom stereocenters. The number of benzene rings is 2. The first-order chi connectivity index (χ1) is 11.7. The predicted molar refractivity (Wildman–Crippen MR) is 96.8 cm³/mol. The van der Waals surface area contributed by atoms with Gasteiger partial charge in [-0.25, -0.2) is 4.79 Å². The highest BCUT2D eigenvalue weighted by molar-refractivity contribution is 5.68. The number of aryl methyl sites for hydroxylation is 2. The minimum absolute atomic E-state index is 0.585. The van der Waals surface area contributed by atoms with Crippen molar-refractivity contribution in [1.82, 2.24) is 0 Å². The topological polar surface area (TPSA) is 35.5 Å². The Bertz CT molecular complexity index is 594. The molecule has 2 aromatic rings. The minimum atomic E-state index is -0.678. The Balaban J connectivity index is 2.04. The molecule has 0 atom stereocenters. The van der Waals surface area contributed by atoms with E-state index in [0.717, 1.165) is 49.7 Å². The van der Waals surface area contributed by atoms with Gasteiger partial charge in [-0.05, 0) is 48.9 Å².